The van der Waals surface area contributed by atoms with Gasteiger partial charge < -0.3 is 10.1 Å². The second kappa shape index (κ2) is 9.67. The average molecular weight is 332 g/mol. The van der Waals surface area contributed by atoms with Gasteiger partial charge in [-0.1, -0.05) is 38.8 Å². The van der Waals surface area contributed by atoms with Crippen LogP contribution in [0.5, 0.6) is 5.75 Å². The van der Waals surface area contributed by atoms with Gasteiger partial charge in [-0.3, -0.25) is 9.69 Å². The molecule has 1 aromatic rings. The number of amides is 1. The Bertz CT molecular complexity index is 497. The number of carbonyl (C=O) groups excluding carboxylic acids is 1. The molecule has 4 nitrogen and oxygen atoms in total. The minimum Gasteiger partial charge on any atom is -0.497 e. The van der Waals surface area contributed by atoms with Crippen LogP contribution in [0.15, 0.2) is 24.3 Å². The van der Waals surface area contributed by atoms with Crippen molar-refractivity contribution < 1.29 is 9.53 Å². The molecule has 134 valence electrons. The number of nitrogens with one attached hydrogen (secondary N) is 1. The maximum atomic E-state index is 12.5. The van der Waals surface area contributed by atoms with Crippen LogP contribution in [-0.4, -0.2) is 37.0 Å². The van der Waals surface area contributed by atoms with Gasteiger partial charge in [0.1, 0.15) is 5.75 Å². The van der Waals surface area contributed by atoms with E-state index in [-0.39, 0.29) is 5.91 Å². The fraction of sp³-hybridized carbons (Fsp3) is 0.650. The van der Waals surface area contributed by atoms with Crippen molar-refractivity contribution in [3.05, 3.63) is 29.8 Å². The van der Waals surface area contributed by atoms with Crippen molar-refractivity contribution in [2.24, 2.45) is 0 Å². The molecule has 1 N–H and O–H groups in total. The SMILES string of the molecule is CCC(CC)NC(=O)CN1CCCCCC1c1ccc(OC)cc1. The van der Waals surface area contributed by atoms with Gasteiger partial charge in [-0.15, -0.1) is 0 Å². The van der Waals surface area contributed by atoms with E-state index in [0.29, 0.717) is 18.6 Å². The molecule has 0 aromatic heterocycles. The molecule has 0 spiro atoms. The Morgan fingerprint density at radius 3 is 2.54 bits per heavy atom. The maximum Gasteiger partial charge on any atom is 0.234 e. The lowest BCUT2D eigenvalue weighted by atomic mass is 10.0. The van der Waals surface area contributed by atoms with Crippen LogP contribution in [0.25, 0.3) is 0 Å². The molecule has 24 heavy (non-hydrogen) atoms. The maximum absolute atomic E-state index is 12.5. The lowest BCUT2D eigenvalue weighted by Crippen LogP contribution is -2.43. The van der Waals surface area contributed by atoms with Crippen LogP contribution < -0.4 is 10.1 Å². The molecule has 1 saturated heterocycles. The lowest BCUT2D eigenvalue weighted by Gasteiger charge is -2.30. The fourth-order valence-electron chi connectivity index (χ4n) is 3.51. The van der Waals surface area contributed by atoms with Gasteiger partial charge in [0, 0.05) is 12.1 Å². The molecule has 0 saturated carbocycles. The summed E-state index contributed by atoms with van der Waals surface area (Å²) < 4.78 is 5.26. The summed E-state index contributed by atoms with van der Waals surface area (Å²) >= 11 is 0. The predicted octanol–water partition coefficient (Wildman–Crippen LogP) is 3.92. The average Bonchev–Trinajstić information content (AvgIpc) is 2.85. The highest BCUT2D eigenvalue weighted by atomic mass is 16.5. The van der Waals surface area contributed by atoms with Crippen molar-refractivity contribution >= 4 is 5.91 Å². The van der Waals surface area contributed by atoms with Gasteiger partial charge in [0.25, 0.3) is 0 Å². The molecule has 1 aromatic carbocycles. The van der Waals surface area contributed by atoms with Crippen LogP contribution in [0, 0.1) is 0 Å². The first kappa shape index (κ1) is 18.8. The van der Waals surface area contributed by atoms with E-state index in [4.69, 9.17) is 4.74 Å². The Morgan fingerprint density at radius 2 is 1.92 bits per heavy atom. The van der Waals surface area contributed by atoms with Crippen molar-refractivity contribution in [1.82, 2.24) is 10.2 Å². The Morgan fingerprint density at radius 1 is 1.21 bits per heavy atom. The van der Waals surface area contributed by atoms with E-state index in [1.54, 1.807) is 7.11 Å². The number of likely N-dealkylation sites (tertiary alicyclic amines) is 1. The van der Waals surface area contributed by atoms with Crippen LogP contribution in [-0.2, 0) is 4.79 Å². The van der Waals surface area contributed by atoms with E-state index in [1.807, 2.05) is 12.1 Å². The molecule has 1 aliphatic heterocycles. The molecule has 1 atom stereocenters. The molecule has 0 aliphatic carbocycles. The number of nitrogens with zero attached hydrogens (tertiary/aromatic N) is 1. The zero-order valence-electron chi connectivity index (χ0n) is 15.4. The topological polar surface area (TPSA) is 41.6 Å². The van der Waals surface area contributed by atoms with E-state index in [2.05, 4.69) is 36.2 Å². The molecule has 1 heterocycles. The van der Waals surface area contributed by atoms with Crippen LogP contribution in [0.4, 0.5) is 0 Å². The van der Waals surface area contributed by atoms with E-state index < -0.39 is 0 Å². The molecule has 4 heteroatoms. The standard InChI is InChI=1S/C20H32N2O2/c1-4-17(5-2)21-20(23)15-22-14-8-6-7-9-19(22)16-10-12-18(24-3)13-11-16/h10-13,17,19H,4-9,14-15H2,1-3H3,(H,21,23). The predicted molar refractivity (Wildman–Crippen MR) is 98.3 cm³/mol. The summed E-state index contributed by atoms with van der Waals surface area (Å²) in [5.74, 6) is 1.04. The number of benzene rings is 1. The van der Waals surface area contributed by atoms with Gasteiger partial charge >= 0.3 is 0 Å². The van der Waals surface area contributed by atoms with Crippen LogP contribution in [0.3, 0.4) is 0 Å². The normalized spacial score (nSPS) is 19.1. The molecular weight excluding hydrogens is 300 g/mol. The van der Waals surface area contributed by atoms with Gasteiger partial charge in [0.05, 0.1) is 13.7 Å². The Kier molecular flexibility index (Phi) is 7.57. The van der Waals surface area contributed by atoms with Gasteiger partial charge in [0.2, 0.25) is 5.91 Å². The van der Waals surface area contributed by atoms with E-state index in [9.17, 15) is 4.79 Å². The monoisotopic (exact) mass is 332 g/mol. The summed E-state index contributed by atoms with van der Waals surface area (Å²) in [5.41, 5.74) is 1.29. The van der Waals surface area contributed by atoms with Crippen LogP contribution in [0.2, 0.25) is 0 Å². The number of rotatable bonds is 7. The first-order valence-electron chi connectivity index (χ1n) is 9.35. The van der Waals surface area contributed by atoms with E-state index in [1.165, 1.54) is 24.8 Å². The smallest absolute Gasteiger partial charge is 0.234 e. The van der Waals surface area contributed by atoms with Crippen molar-refractivity contribution in [3.8, 4) is 5.75 Å². The first-order chi connectivity index (χ1) is 11.7. The van der Waals surface area contributed by atoms with Crippen LogP contribution >= 0.6 is 0 Å². The van der Waals surface area contributed by atoms with Crippen molar-refractivity contribution in [1.29, 1.82) is 0 Å². The second-order valence-electron chi connectivity index (χ2n) is 6.69. The molecule has 0 radical (unpaired) electrons. The van der Waals surface area contributed by atoms with Gasteiger partial charge in [0.15, 0.2) is 0 Å². The second-order valence-corrected chi connectivity index (χ2v) is 6.69. The minimum absolute atomic E-state index is 0.157. The zero-order valence-corrected chi connectivity index (χ0v) is 15.4. The molecule has 2 rings (SSSR count). The lowest BCUT2D eigenvalue weighted by molar-refractivity contribution is -0.123. The largest absolute Gasteiger partial charge is 0.497 e. The zero-order chi connectivity index (χ0) is 17.4. The summed E-state index contributed by atoms with van der Waals surface area (Å²) in [4.78, 5) is 14.8. The van der Waals surface area contributed by atoms with E-state index in [0.717, 1.165) is 31.6 Å². The molecule has 1 fully saturated rings. The highest BCUT2D eigenvalue weighted by Gasteiger charge is 2.25. The Hall–Kier alpha value is -1.55. The third-order valence-corrected chi connectivity index (χ3v) is 5.06. The van der Waals surface area contributed by atoms with Gasteiger partial charge in [-0.05, 0) is 49.9 Å². The van der Waals surface area contributed by atoms with E-state index >= 15 is 0 Å². The Balaban J connectivity index is 2.06. The number of ether oxygens (including phenoxy) is 1. The van der Waals surface area contributed by atoms with Crippen molar-refractivity contribution in [2.75, 3.05) is 20.2 Å². The molecule has 1 aliphatic rings. The van der Waals surface area contributed by atoms with Crippen LogP contribution in [0.1, 0.15) is 64.0 Å². The number of hydrogen-bond donors (Lipinski definition) is 1. The summed E-state index contributed by atoms with van der Waals surface area (Å²) in [5, 5.41) is 3.17. The number of hydrogen-bond acceptors (Lipinski definition) is 3. The van der Waals surface area contributed by atoms with Gasteiger partial charge in [-0.25, -0.2) is 0 Å². The number of carbonyl (C=O) groups is 1. The van der Waals surface area contributed by atoms with Crippen molar-refractivity contribution in [2.45, 2.75) is 64.5 Å². The first-order valence-corrected chi connectivity index (χ1v) is 9.35. The molecule has 1 amide bonds. The van der Waals surface area contributed by atoms with Crippen molar-refractivity contribution in [3.63, 3.8) is 0 Å². The molecule has 1 unspecified atom stereocenters. The third-order valence-electron chi connectivity index (χ3n) is 5.06. The van der Waals surface area contributed by atoms with Gasteiger partial charge in [-0.2, -0.15) is 0 Å². The summed E-state index contributed by atoms with van der Waals surface area (Å²) in [6.45, 7) is 5.74. The highest BCUT2D eigenvalue weighted by molar-refractivity contribution is 5.78. The summed E-state index contributed by atoms with van der Waals surface area (Å²) in [6.07, 6.45) is 6.74. The molecular formula is C20H32N2O2. The minimum atomic E-state index is 0.157. The molecule has 0 bridgehead atoms. The Labute approximate surface area is 146 Å². The highest BCUT2D eigenvalue weighted by Crippen LogP contribution is 2.30. The fourth-order valence-corrected chi connectivity index (χ4v) is 3.51. The third kappa shape index (κ3) is 5.23. The summed E-state index contributed by atoms with van der Waals surface area (Å²) in [6, 6.07) is 8.93. The summed E-state index contributed by atoms with van der Waals surface area (Å²) in [7, 11) is 1.69. The quantitative estimate of drug-likeness (QED) is 0.823. The number of methoxy groups -OCH3 is 1.